The highest BCUT2D eigenvalue weighted by Gasteiger charge is 2.35. The van der Waals surface area contributed by atoms with E-state index in [1.54, 1.807) is 0 Å². The van der Waals surface area contributed by atoms with E-state index < -0.39 is 0 Å². The number of nitrogens with two attached hydrogens (primary N) is 1. The molecule has 3 N–H and O–H groups in total. The van der Waals surface area contributed by atoms with Crippen LogP contribution in [0.15, 0.2) is 42.8 Å². The van der Waals surface area contributed by atoms with Crippen molar-refractivity contribution in [1.82, 2.24) is 10.2 Å². The Kier molecular flexibility index (Phi) is 3.10. The molecule has 20 heavy (non-hydrogen) atoms. The molecule has 3 rings (SSSR count). The van der Waals surface area contributed by atoms with Gasteiger partial charge in [-0.1, -0.05) is 25.3 Å². The Labute approximate surface area is 119 Å². The topological polar surface area (TPSA) is 58.4 Å². The molecule has 2 heterocycles. The molecule has 0 spiro atoms. The lowest BCUT2D eigenvalue weighted by atomic mass is 10.0. The first-order chi connectivity index (χ1) is 9.60. The fourth-order valence-corrected chi connectivity index (χ4v) is 2.98. The number of amides is 1. The minimum Gasteiger partial charge on any atom is -0.362 e. The van der Waals surface area contributed by atoms with Crippen LogP contribution in [-0.2, 0) is 13.1 Å². The summed E-state index contributed by atoms with van der Waals surface area (Å²) in [6, 6.07) is 5.89. The smallest absolute Gasteiger partial charge is 0.255 e. The van der Waals surface area contributed by atoms with Crippen LogP contribution in [0.2, 0.25) is 0 Å². The number of hydrogen-bond donors (Lipinski definition) is 2. The molecule has 0 saturated carbocycles. The van der Waals surface area contributed by atoms with Crippen molar-refractivity contribution in [3.05, 3.63) is 59.4 Å². The highest BCUT2D eigenvalue weighted by atomic mass is 16.2. The standard InChI is InChI=1S/C16H19N3O/c1-10-3-6-15(11(2)18-10)19-9-13-7-12(8-17)4-5-14(13)16(19)20/h4-5,7,15,18H,1-3,6,8-9,17H2. The highest BCUT2D eigenvalue weighted by Crippen LogP contribution is 2.31. The fraction of sp³-hybridized carbons (Fsp3) is 0.312. The molecule has 1 saturated heterocycles. The van der Waals surface area contributed by atoms with Crippen molar-refractivity contribution in [3.8, 4) is 0 Å². The second-order valence-corrected chi connectivity index (χ2v) is 5.44. The molecule has 1 aromatic rings. The second kappa shape index (κ2) is 4.80. The van der Waals surface area contributed by atoms with Crippen LogP contribution in [0.3, 0.4) is 0 Å². The lowest BCUT2D eigenvalue weighted by Crippen LogP contribution is -2.43. The maximum atomic E-state index is 12.5. The van der Waals surface area contributed by atoms with E-state index in [2.05, 4.69) is 18.5 Å². The molecule has 2 aliphatic heterocycles. The van der Waals surface area contributed by atoms with Crippen molar-refractivity contribution in [2.45, 2.75) is 32.0 Å². The number of fused-ring (bicyclic) bond motifs is 1. The van der Waals surface area contributed by atoms with E-state index in [0.717, 1.165) is 40.9 Å². The molecule has 1 atom stereocenters. The van der Waals surface area contributed by atoms with Crippen LogP contribution in [0.4, 0.5) is 0 Å². The van der Waals surface area contributed by atoms with E-state index in [-0.39, 0.29) is 11.9 Å². The average Bonchev–Trinajstić information content (AvgIpc) is 2.75. The van der Waals surface area contributed by atoms with Crippen LogP contribution in [-0.4, -0.2) is 16.8 Å². The first-order valence-corrected chi connectivity index (χ1v) is 6.86. The maximum absolute atomic E-state index is 12.5. The third kappa shape index (κ3) is 2.02. The summed E-state index contributed by atoms with van der Waals surface area (Å²) in [5, 5.41) is 3.17. The van der Waals surface area contributed by atoms with Gasteiger partial charge in [0.05, 0.1) is 6.04 Å². The summed E-state index contributed by atoms with van der Waals surface area (Å²) in [4.78, 5) is 14.4. The summed E-state index contributed by atoms with van der Waals surface area (Å²) < 4.78 is 0. The number of rotatable bonds is 2. The summed E-state index contributed by atoms with van der Waals surface area (Å²) >= 11 is 0. The van der Waals surface area contributed by atoms with Gasteiger partial charge < -0.3 is 16.0 Å². The summed E-state index contributed by atoms with van der Waals surface area (Å²) in [7, 11) is 0. The van der Waals surface area contributed by atoms with Gasteiger partial charge in [-0.15, -0.1) is 0 Å². The van der Waals surface area contributed by atoms with Gasteiger partial charge in [-0.3, -0.25) is 4.79 Å². The van der Waals surface area contributed by atoms with Gasteiger partial charge >= 0.3 is 0 Å². The minimum atomic E-state index is 0.0433. The number of carbonyl (C=O) groups excluding carboxylic acids is 1. The number of piperidine rings is 1. The highest BCUT2D eigenvalue weighted by molar-refractivity contribution is 5.98. The fourth-order valence-electron chi connectivity index (χ4n) is 2.98. The lowest BCUT2D eigenvalue weighted by molar-refractivity contribution is 0.0711. The largest absolute Gasteiger partial charge is 0.362 e. The van der Waals surface area contributed by atoms with Gasteiger partial charge in [0, 0.05) is 30.0 Å². The number of hydrogen-bond acceptors (Lipinski definition) is 3. The Bertz CT molecular complexity index is 606. The maximum Gasteiger partial charge on any atom is 0.255 e. The van der Waals surface area contributed by atoms with E-state index in [0.29, 0.717) is 13.1 Å². The van der Waals surface area contributed by atoms with Gasteiger partial charge in [0.2, 0.25) is 0 Å². The molecule has 1 fully saturated rings. The number of allylic oxidation sites excluding steroid dienone is 1. The molecule has 2 aliphatic rings. The van der Waals surface area contributed by atoms with Gasteiger partial charge in [0.15, 0.2) is 0 Å². The van der Waals surface area contributed by atoms with Gasteiger partial charge in [-0.05, 0) is 30.0 Å². The Morgan fingerprint density at radius 2 is 2.20 bits per heavy atom. The molecule has 0 aromatic heterocycles. The Morgan fingerprint density at radius 1 is 1.40 bits per heavy atom. The second-order valence-electron chi connectivity index (χ2n) is 5.44. The van der Waals surface area contributed by atoms with Crippen molar-refractivity contribution in [2.75, 3.05) is 0 Å². The van der Waals surface area contributed by atoms with Crippen molar-refractivity contribution >= 4 is 5.91 Å². The van der Waals surface area contributed by atoms with E-state index in [1.165, 1.54) is 0 Å². The monoisotopic (exact) mass is 269 g/mol. The van der Waals surface area contributed by atoms with Gasteiger partial charge in [-0.25, -0.2) is 0 Å². The van der Waals surface area contributed by atoms with Crippen LogP contribution >= 0.6 is 0 Å². The summed E-state index contributed by atoms with van der Waals surface area (Å²) in [6.07, 6.45) is 1.76. The first-order valence-electron chi connectivity index (χ1n) is 6.86. The van der Waals surface area contributed by atoms with Crippen LogP contribution in [0.5, 0.6) is 0 Å². The molecule has 4 nitrogen and oxygen atoms in total. The SMILES string of the molecule is C=C1CCC(N2Cc3cc(CN)ccc3C2=O)C(=C)N1. The Morgan fingerprint density at radius 3 is 2.90 bits per heavy atom. The molecular formula is C16H19N3O. The summed E-state index contributed by atoms with van der Waals surface area (Å²) in [5.74, 6) is 0.0871. The number of nitrogens with one attached hydrogen (secondary N) is 1. The minimum absolute atomic E-state index is 0.0433. The molecule has 1 aromatic carbocycles. The van der Waals surface area contributed by atoms with E-state index in [4.69, 9.17) is 5.73 Å². The van der Waals surface area contributed by atoms with Crippen molar-refractivity contribution in [3.63, 3.8) is 0 Å². The lowest BCUT2D eigenvalue weighted by Gasteiger charge is -2.34. The third-order valence-electron chi connectivity index (χ3n) is 4.07. The number of benzene rings is 1. The van der Waals surface area contributed by atoms with Crippen LogP contribution < -0.4 is 11.1 Å². The predicted octanol–water partition coefficient (Wildman–Crippen LogP) is 1.88. The molecule has 1 amide bonds. The molecule has 4 heteroatoms. The van der Waals surface area contributed by atoms with Crippen molar-refractivity contribution in [2.24, 2.45) is 5.73 Å². The molecule has 0 bridgehead atoms. The van der Waals surface area contributed by atoms with E-state index in [9.17, 15) is 4.79 Å². The molecular weight excluding hydrogens is 250 g/mol. The quantitative estimate of drug-likeness (QED) is 0.862. The van der Waals surface area contributed by atoms with Gasteiger partial charge in [0.1, 0.15) is 0 Å². The predicted molar refractivity (Wildman–Crippen MR) is 78.6 cm³/mol. The molecule has 0 aliphatic carbocycles. The number of carbonyl (C=O) groups is 1. The molecule has 104 valence electrons. The first kappa shape index (κ1) is 12.9. The third-order valence-corrected chi connectivity index (χ3v) is 4.07. The van der Waals surface area contributed by atoms with Crippen LogP contribution in [0, 0.1) is 0 Å². The Balaban J connectivity index is 1.86. The summed E-state index contributed by atoms with van der Waals surface area (Å²) in [6.45, 7) is 9.09. The normalized spacial score (nSPS) is 21.9. The van der Waals surface area contributed by atoms with Crippen LogP contribution in [0.25, 0.3) is 0 Å². The zero-order valence-corrected chi connectivity index (χ0v) is 11.5. The zero-order valence-electron chi connectivity index (χ0n) is 11.5. The zero-order chi connectivity index (χ0) is 14.3. The van der Waals surface area contributed by atoms with Gasteiger partial charge in [0.25, 0.3) is 5.91 Å². The van der Waals surface area contributed by atoms with Crippen molar-refractivity contribution < 1.29 is 4.79 Å². The van der Waals surface area contributed by atoms with Crippen molar-refractivity contribution in [1.29, 1.82) is 0 Å². The summed E-state index contributed by atoms with van der Waals surface area (Å²) in [5.41, 5.74) is 10.4. The van der Waals surface area contributed by atoms with Gasteiger partial charge in [-0.2, -0.15) is 0 Å². The average molecular weight is 269 g/mol. The van der Waals surface area contributed by atoms with Crippen LogP contribution in [0.1, 0.15) is 34.3 Å². The number of nitrogens with zero attached hydrogens (tertiary/aromatic N) is 1. The molecule has 1 unspecified atom stereocenters. The van der Waals surface area contributed by atoms with E-state index in [1.807, 2.05) is 23.1 Å². The van der Waals surface area contributed by atoms with E-state index >= 15 is 0 Å². The Hall–Kier alpha value is -2.07. The molecule has 0 radical (unpaired) electrons.